The van der Waals surface area contributed by atoms with E-state index in [4.69, 9.17) is 10.8 Å². The Kier molecular flexibility index (Phi) is 0.821. The summed E-state index contributed by atoms with van der Waals surface area (Å²) < 4.78 is 0. The van der Waals surface area contributed by atoms with Crippen molar-refractivity contribution < 1.29 is 5.11 Å². The summed E-state index contributed by atoms with van der Waals surface area (Å²) in [6.07, 6.45) is 1.72. The summed E-state index contributed by atoms with van der Waals surface area (Å²) in [6, 6.07) is 0.0880. The van der Waals surface area contributed by atoms with Crippen molar-refractivity contribution in [3.8, 4) is 0 Å². The van der Waals surface area contributed by atoms with Gasteiger partial charge in [-0.1, -0.05) is 0 Å². The maximum Gasteiger partial charge on any atom is 0.0691 e. The lowest BCUT2D eigenvalue weighted by Gasteiger charge is -2.27. The molecular weight excluding hydrogens is 78.0 g/mol. The Hall–Kier alpha value is -0.0800. The van der Waals surface area contributed by atoms with Crippen LogP contribution in [-0.4, -0.2) is 17.3 Å². The van der Waals surface area contributed by atoms with E-state index in [0.717, 1.165) is 12.8 Å². The highest BCUT2D eigenvalue weighted by atomic mass is 16.3. The van der Waals surface area contributed by atoms with Crippen LogP contribution >= 0.6 is 0 Å². The van der Waals surface area contributed by atoms with E-state index in [1.165, 1.54) is 0 Å². The molecule has 1 saturated carbocycles. The van der Waals surface area contributed by atoms with E-state index in [1.807, 2.05) is 0 Å². The number of aliphatic hydroxyl groups excluding tert-OH is 1. The third-order valence-electron chi connectivity index (χ3n) is 1.29. The summed E-state index contributed by atoms with van der Waals surface area (Å²) >= 11 is 0. The van der Waals surface area contributed by atoms with Crippen LogP contribution in [0.4, 0.5) is 0 Å². The Balaban J connectivity index is 2.20. The van der Waals surface area contributed by atoms with Gasteiger partial charge in [0.2, 0.25) is 0 Å². The molecule has 0 aromatic carbocycles. The topological polar surface area (TPSA) is 46.2 Å². The first-order chi connectivity index (χ1) is 2.80. The first kappa shape index (κ1) is 4.09. The molecule has 0 aromatic heterocycles. The minimum Gasteiger partial charge on any atom is -0.392 e. The highest BCUT2D eigenvalue weighted by Crippen LogP contribution is 2.15. The summed E-state index contributed by atoms with van der Waals surface area (Å²) in [4.78, 5) is 0. The Bertz CT molecular complexity index is 47.5. The number of hydrogen-bond acceptors (Lipinski definition) is 2. The van der Waals surface area contributed by atoms with Gasteiger partial charge < -0.3 is 10.8 Å². The molecule has 3 N–H and O–H groups in total. The zero-order chi connectivity index (χ0) is 4.57. The molecule has 2 atom stereocenters. The molecule has 0 amide bonds. The number of nitrogens with two attached hydrogens (primary N) is 1. The van der Waals surface area contributed by atoms with E-state index in [-0.39, 0.29) is 12.1 Å². The molecule has 0 spiro atoms. The van der Waals surface area contributed by atoms with Crippen molar-refractivity contribution in [3.05, 3.63) is 0 Å². The molecule has 0 aromatic rings. The summed E-state index contributed by atoms with van der Waals surface area (Å²) in [5.41, 5.74) is 5.27. The fraction of sp³-hybridized carbons (Fsp3) is 1.00. The predicted octanol–water partition coefficient (Wildman–Crippen LogP) is -0.532. The van der Waals surface area contributed by atoms with Crippen molar-refractivity contribution in [1.29, 1.82) is 0 Å². The van der Waals surface area contributed by atoms with Gasteiger partial charge in [0.05, 0.1) is 6.10 Å². The Labute approximate surface area is 37.0 Å². The molecule has 1 aliphatic carbocycles. The fourth-order valence-corrected chi connectivity index (χ4v) is 0.508. The molecule has 2 heteroatoms. The molecule has 1 rings (SSSR count). The average Bonchev–Trinajstić information content (AvgIpc) is 1.61. The zero-order valence-corrected chi connectivity index (χ0v) is 3.59. The van der Waals surface area contributed by atoms with Crippen LogP contribution in [0, 0.1) is 0 Å². The lowest BCUT2D eigenvalue weighted by molar-refractivity contribution is 0.0693. The first-order valence-electron chi connectivity index (χ1n) is 2.24. The van der Waals surface area contributed by atoms with E-state index in [2.05, 4.69) is 0 Å². The lowest BCUT2D eigenvalue weighted by Crippen LogP contribution is -2.43. The van der Waals surface area contributed by atoms with Gasteiger partial charge in [-0.25, -0.2) is 0 Å². The molecule has 6 heavy (non-hydrogen) atoms. The van der Waals surface area contributed by atoms with Crippen LogP contribution in [-0.2, 0) is 0 Å². The van der Waals surface area contributed by atoms with Crippen molar-refractivity contribution in [3.63, 3.8) is 0 Å². The predicted molar refractivity (Wildman–Crippen MR) is 23.2 cm³/mol. The molecule has 0 saturated heterocycles. The maximum absolute atomic E-state index is 8.59. The van der Waals surface area contributed by atoms with Gasteiger partial charge in [0.25, 0.3) is 0 Å². The van der Waals surface area contributed by atoms with E-state index < -0.39 is 0 Å². The Morgan fingerprint density at radius 3 is 2.00 bits per heavy atom. The summed E-state index contributed by atoms with van der Waals surface area (Å²) in [5, 5.41) is 8.59. The molecular formula is C4H9NO. The molecule has 0 radical (unpaired) electrons. The SMILES string of the molecule is N[C@H]1CC[C@@H]1O. The van der Waals surface area contributed by atoms with Gasteiger partial charge in [-0.3, -0.25) is 0 Å². The van der Waals surface area contributed by atoms with Gasteiger partial charge in [0.15, 0.2) is 0 Å². The fourth-order valence-electron chi connectivity index (χ4n) is 0.508. The van der Waals surface area contributed by atoms with Crippen LogP contribution in [0.2, 0.25) is 0 Å². The maximum atomic E-state index is 8.59. The third kappa shape index (κ3) is 0.420. The van der Waals surface area contributed by atoms with Crippen LogP contribution < -0.4 is 5.73 Å². The standard InChI is InChI=1S/C4H9NO/c5-3-1-2-4(3)6/h3-4,6H,1-2,5H2/t3-,4-/m0/s1. The Morgan fingerprint density at radius 2 is 2.00 bits per heavy atom. The van der Waals surface area contributed by atoms with Crippen LogP contribution in [0.25, 0.3) is 0 Å². The first-order valence-corrected chi connectivity index (χ1v) is 2.24. The average molecular weight is 87.1 g/mol. The minimum absolute atomic E-state index is 0.0880. The monoisotopic (exact) mass is 87.1 g/mol. The van der Waals surface area contributed by atoms with Crippen LogP contribution in [0.3, 0.4) is 0 Å². The largest absolute Gasteiger partial charge is 0.392 e. The molecule has 0 aliphatic heterocycles. The van der Waals surface area contributed by atoms with Crippen molar-refractivity contribution in [2.45, 2.75) is 25.0 Å². The van der Waals surface area contributed by atoms with Crippen LogP contribution in [0.15, 0.2) is 0 Å². The molecule has 36 valence electrons. The molecule has 0 unspecified atom stereocenters. The van der Waals surface area contributed by atoms with Crippen LogP contribution in [0.5, 0.6) is 0 Å². The molecule has 1 fully saturated rings. The van der Waals surface area contributed by atoms with E-state index >= 15 is 0 Å². The summed E-state index contributed by atoms with van der Waals surface area (Å²) in [6.45, 7) is 0. The lowest BCUT2D eigenvalue weighted by atomic mass is 9.90. The molecule has 0 bridgehead atoms. The molecule has 2 nitrogen and oxygen atoms in total. The Morgan fingerprint density at radius 1 is 1.50 bits per heavy atom. The van der Waals surface area contributed by atoms with Crippen molar-refractivity contribution in [2.75, 3.05) is 0 Å². The number of aliphatic hydroxyl groups is 1. The summed E-state index contributed by atoms with van der Waals surface area (Å²) in [5.74, 6) is 0. The molecule has 1 aliphatic rings. The second kappa shape index (κ2) is 1.21. The number of hydrogen-bond donors (Lipinski definition) is 2. The van der Waals surface area contributed by atoms with E-state index in [0.29, 0.717) is 0 Å². The normalized spacial score (nSPS) is 45.0. The van der Waals surface area contributed by atoms with Crippen molar-refractivity contribution in [2.24, 2.45) is 5.73 Å². The van der Waals surface area contributed by atoms with Gasteiger partial charge in [-0.05, 0) is 12.8 Å². The van der Waals surface area contributed by atoms with Crippen LogP contribution in [0.1, 0.15) is 12.8 Å². The summed E-state index contributed by atoms with van der Waals surface area (Å²) in [7, 11) is 0. The quantitative estimate of drug-likeness (QED) is 0.417. The second-order valence-electron chi connectivity index (χ2n) is 1.81. The van der Waals surface area contributed by atoms with Gasteiger partial charge in [0, 0.05) is 6.04 Å². The zero-order valence-electron chi connectivity index (χ0n) is 3.59. The van der Waals surface area contributed by atoms with E-state index in [9.17, 15) is 0 Å². The highest BCUT2D eigenvalue weighted by Gasteiger charge is 2.23. The van der Waals surface area contributed by atoms with Crippen molar-refractivity contribution >= 4 is 0 Å². The second-order valence-corrected chi connectivity index (χ2v) is 1.81. The van der Waals surface area contributed by atoms with Gasteiger partial charge in [-0.15, -0.1) is 0 Å². The highest BCUT2D eigenvalue weighted by molar-refractivity contribution is 4.82. The van der Waals surface area contributed by atoms with Gasteiger partial charge >= 0.3 is 0 Å². The van der Waals surface area contributed by atoms with Gasteiger partial charge in [0.1, 0.15) is 0 Å². The van der Waals surface area contributed by atoms with E-state index in [1.54, 1.807) is 0 Å². The van der Waals surface area contributed by atoms with Gasteiger partial charge in [-0.2, -0.15) is 0 Å². The molecule has 0 heterocycles. The smallest absolute Gasteiger partial charge is 0.0691 e. The van der Waals surface area contributed by atoms with Crippen molar-refractivity contribution in [1.82, 2.24) is 0 Å². The minimum atomic E-state index is -0.190. The third-order valence-corrected chi connectivity index (χ3v) is 1.29. The number of rotatable bonds is 0.